The maximum Gasteiger partial charge on any atom is 0.311 e. The van der Waals surface area contributed by atoms with Gasteiger partial charge in [0.25, 0.3) is 0 Å². The van der Waals surface area contributed by atoms with Crippen LogP contribution in [0.3, 0.4) is 0 Å². The van der Waals surface area contributed by atoms with Gasteiger partial charge < -0.3 is 5.11 Å². The molecule has 0 spiro atoms. The largest absolute Gasteiger partial charge is 0.481 e. The standard InChI is InChI=1S/C11H10BrClO2/c12-7-3-4-9(13)8(5-7)10(11(14)15)6-1-2-6/h3-6,10H,1-2H2,(H,14,15). The van der Waals surface area contributed by atoms with Gasteiger partial charge in [-0.05, 0) is 42.5 Å². The number of hydrogen-bond donors (Lipinski definition) is 1. The molecule has 80 valence electrons. The van der Waals surface area contributed by atoms with E-state index in [1.165, 1.54) is 0 Å². The van der Waals surface area contributed by atoms with Crippen LogP contribution in [0.1, 0.15) is 24.3 Å². The number of carbonyl (C=O) groups is 1. The zero-order valence-corrected chi connectivity index (χ0v) is 10.3. The predicted octanol–water partition coefficient (Wildman–Crippen LogP) is 3.68. The van der Waals surface area contributed by atoms with E-state index in [4.69, 9.17) is 11.6 Å². The van der Waals surface area contributed by atoms with Gasteiger partial charge in [-0.3, -0.25) is 4.79 Å². The average Bonchev–Trinajstić information content (AvgIpc) is 2.95. The molecule has 1 unspecified atom stereocenters. The Bertz CT molecular complexity index is 402. The second-order valence-corrected chi connectivity index (χ2v) is 5.14. The van der Waals surface area contributed by atoms with E-state index >= 15 is 0 Å². The van der Waals surface area contributed by atoms with E-state index in [1.54, 1.807) is 12.1 Å². The fraction of sp³-hybridized carbons (Fsp3) is 0.364. The second-order valence-electron chi connectivity index (χ2n) is 3.82. The molecule has 0 aliphatic heterocycles. The second kappa shape index (κ2) is 4.14. The zero-order valence-electron chi connectivity index (χ0n) is 7.91. The minimum atomic E-state index is -0.780. The van der Waals surface area contributed by atoms with Crippen molar-refractivity contribution in [3.8, 4) is 0 Å². The number of rotatable bonds is 3. The topological polar surface area (TPSA) is 37.3 Å². The highest BCUT2D eigenvalue weighted by atomic mass is 79.9. The van der Waals surface area contributed by atoms with Crippen molar-refractivity contribution in [2.75, 3.05) is 0 Å². The fourth-order valence-electron chi connectivity index (χ4n) is 1.77. The lowest BCUT2D eigenvalue weighted by molar-refractivity contribution is -0.139. The molecule has 2 nitrogen and oxygen atoms in total. The van der Waals surface area contributed by atoms with Gasteiger partial charge in [-0.2, -0.15) is 0 Å². The fourth-order valence-corrected chi connectivity index (χ4v) is 2.38. The normalized spacial score (nSPS) is 17.5. The highest BCUT2D eigenvalue weighted by molar-refractivity contribution is 9.10. The minimum Gasteiger partial charge on any atom is -0.481 e. The zero-order chi connectivity index (χ0) is 11.0. The van der Waals surface area contributed by atoms with Crippen molar-refractivity contribution in [2.24, 2.45) is 5.92 Å². The molecule has 0 amide bonds. The first-order chi connectivity index (χ1) is 7.09. The van der Waals surface area contributed by atoms with Gasteiger partial charge in [0.15, 0.2) is 0 Å². The van der Waals surface area contributed by atoms with Gasteiger partial charge in [-0.15, -0.1) is 0 Å². The molecule has 1 saturated carbocycles. The summed E-state index contributed by atoms with van der Waals surface area (Å²) in [5, 5.41) is 9.72. The molecule has 4 heteroatoms. The predicted molar refractivity (Wildman–Crippen MR) is 62.3 cm³/mol. The van der Waals surface area contributed by atoms with Gasteiger partial charge in [-0.1, -0.05) is 27.5 Å². The maximum atomic E-state index is 11.2. The number of benzene rings is 1. The SMILES string of the molecule is O=C(O)C(c1cc(Br)ccc1Cl)C1CC1. The van der Waals surface area contributed by atoms with Crippen LogP contribution < -0.4 is 0 Å². The van der Waals surface area contributed by atoms with Crippen molar-refractivity contribution < 1.29 is 9.90 Å². The van der Waals surface area contributed by atoms with Gasteiger partial charge in [0, 0.05) is 9.50 Å². The first kappa shape index (κ1) is 11.0. The minimum absolute atomic E-state index is 0.259. The number of halogens is 2. The van der Waals surface area contributed by atoms with Crippen LogP contribution in [-0.4, -0.2) is 11.1 Å². The molecule has 1 aliphatic carbocycles. The average molecular weight is 290 g/mol. The summed E-state index contributed by atoms with van der Waals surface area (Å²) >= 11 is 9.35. The van der Waals surface area contributed by atoms with Crippen molar-refractivity contribution in [1.29, 1.82) is 0 Å². The lowest BCUT2D eigenvalue weighted by Gasteiger charge is -2.13. The van der Waals surface area contributed by atoms with Crippen molar-refractivity contribution >= 4 is 33.5 Å². The number of carboxylic acids is 1. The molecule has 1 atom stereocenters. The van der Waals surface area contributed by atoms with Crippen LogP contribution in [0.5, 0.6) is 0 Å². The summed E-state index contributed by atoms with van der Waals surface area (Å²) in [6.45, 7) is 0. The Balaban J connectivity index is 2.40. The van der Waals surface area contributed by atoms with Crippen LogP contribution in [-0.2, 0) is 4.79 Å². The molecule has 1 aliphatic rings. The molecule has 0 heterocycles. The van der Waals surface area contributed by atoms with Crippen LogP contribution in [0.2, 0.25) is 5.02 Å². The summed E-state index contributed by atoms with van der Waals surface area (Å²) in [5.41, 5.74) is 0.723. The molecule has 0 saturated heterocycles. The van der Waals surface area contributed by atoms with Crippen molar-refractivity contribution in [2.45, 2.75) is 18.8 Å². The Morgan fingerprint density at radius 2 is 2.20 bits per heavy atom. The van der Waals surface area contributed by atoms with Crippen LogP contribution in [0, 0.1) is 5.92 Å². The van der Waals surface area contributed by atoms with Crippen molar-refractivity contribution in [3.63, 3.8) is 0 Å². The first-order valence-electron chi connectivity index (χ1n) is 4.77. The third-order valence-corrected chi connectivity index (χ3v) is 3.49. The highest BCUT2D eigenvalue weighted by Crippen LogP contribution is 2.45. The van der Waals surface area contributed by atoms with E-state index in [1.807, 2.05) is 6.07 Å². The summed E-state index contributed by atoms with van der Waals surface area (Å²) < 4.78 is 0.869. The number of carboxylic acid groups (broad SMARTS) is 1. The highest BCUT2D eigenvalue weighted by Gasteiger charge is 2.38. The van der Waals surface area contributed by atoms with Gasteiger partial charge >= 0.3 is 5.97 Å². The van der Waals surface area contributed by atoms with Crippen LogP contribution in [0.15, 0.2) is 22.7 Å². The summed E-state index contributed by atoms with van der Waals surface area (Å²) in [6.07, 6.45) is 1.97. The molecule has 1 aromatic carbocycles. The number of hydrogen-bond acceptors (Lipinski definition) is 1. The van der Waals surface area contributed by atoms with Crippen molar-refractivity contribution in [3.05, 3.63) is 33.3 Å². The van der Waals surface area contributed by atoms with Crippen LogP contribution >= 0.6 is 27.5 Å². The van der Waals surface area contributed by atoms with Gasteiger partial charge in [0.1, 0.15) is 0 Å². The third-order valence-electron chi connectivity index (χ3n) is 2.65. The van der Waals surface area contributed by atoms with E-state index < -0.39 is 11.9 Å². The third kappa shape index (κ3) is 2.34. The Hall–Kier alpha value is -0.540. The molecular formula is C11H10BrClO2. The lowest BCUT2D eigenvalue weighted by Crippen LogP contribution is -2.14. The van der Waals surface area contributed by atoms with E-state index in [2.05, 4.69) is 15.9 Å². The van der Waals surface area contributed by atoms with Gasteiger partial charge in [0.05, 0.1) is 5.92 Å². The molecule has 0 bridgehead atoms. The molecule has 15 heavy (non-hydrogen) atoms. The Morgan fingerprint density at radius 3 is 2.73 bits per heavy atom. The van der Waals surface area contributed by atoms with Crippen LogP contribution in [0.25, 0.3) is 0 Å². The van der Waals surface area contributed by atoms with Crippen molar-refractivity contribution in [1.82, 2.24) is 0 Å². The quantitative estimate of drug-likeness (QED) is 0.921. The summed E-state index contributed by atoms with van der Waals surface area (Å²) in [7, 11) is 0. The molecule has 1 aromatic rings. The Labute approximate surface area is 101 Å². The summed E-state index contributed by atoms with van der Waals surface area (Å²) in [5.74, 6) is -0.971. The summed E-state index contributed by atoms with van der Waals surface area (Å²) in [6, 6.07) is 5.36. The molecule has 0 radical (unpaired) electrons. The van der Waals surface area contributed by atoms with Gasteiger partial charge in [0.2, 0.25) is 0 Å². The maximum absolute atomic E-state index is 11.2. The van der Waals surface area contributed by atoms with E-state index in [9.17, 15) is 9.90 Å². The molecule has 0 aromatic heterocycles. The molecule has 1 fully saturated rings. The van der Waals surface area contributed by atoms with E-state index in [0.29, 0.717) is 5.02 Å². The van der Waals surface area contributed by atoms with E-state index in [0.717, 1.165) is 22.9 Å². The monoisotopic (exact) mass is 288 g/mol. The molecule has 2 rings (SSSR count). The molecule has 1 N–H and O–H groups in total. The van der Waals surface area contributed by atoms with Crippen LogP contribution in [0.4, 0.5) is 0 Å². The van der Waals surface area contributed by atoms with Gasteiger partial charge in [-0.25, -0.2) is 0 Å². The summed E-state index contributed by atoms with van der Waals surface area (Å²) in [4.78, 5) is 11.2. The Morgan fingerprint density at radius 1 is 1.53 bits per heavy atom. The van der Waals surface area contributed by atoms with E-state index in [-0.39, 0.29) is 5.92 Å². The number of aliphatic carboxylic acids is 1. The smallest absolute Gasteiger partial charge is 0.311 e. The lowest BCUT2D eigenvalue weighted by atomic mass is 9.94. The molecular weight excluding hydrogens is 279 g/mol. The first-order valence-corrected chi connectivity index (χ1v) is 5.94. The Kier molecular flexibility index (Phi) is 3.03.